The summed E-state index contributed by atoms with van der Waals surface area (Å²) in [7, 11) is 1.46. The van der Waals surface area contributed by atoms with E-state index in [2.05, 4.69) is 63.3 Å². The normalized spacial score (nSPS) is 12.5. The molecule has 28 heavy (non-hydrogen) atoms. The number of hydrogen-bond donors (Lipinski definition) is 1. The van der Waals surface area contributed by atoms with Crippen LogP contribution in [0.2, 0.25) is 0 Å². The molecule has 3 aromatic rings. The topological polar surface area (TPSA) is 85.9 Å². The fourth-order valence-corrected chi connectivity index (χ4v) is 2.82. The van der Waals surface area contributed by atoms with Crippen LogP contribution in [0.3, 0.4) is 0 Å². The Bertz CT molecular complexity index is 971. The molecule has 0 amide bonds. The Morgan fingerprint density at radius 3 is 2.43 bits per heavy atom. The van der Waals surface area contributed by atoms with Crippen molar-refractivity contribution in [3.8, 4) is 5.75 Å². The highest BCUT2D eigenvalue weighted by molar-refractivity contribution is 5.71. The van der Waals surface area contributed by atoms with Gasteiger partial charge in [-0.05, 0) is 43.0 Å². The molecule has 3 rings (SSSR count). The lowest BCUT2D eigenvalue weighted by atomic mass is 9.87. The van der Waals surface area contributed by atoms with E-state index in [-0.39, 0.29) is 5.41 Å². The zero-order chi connectivity index (χ0) is 20.4. The largest absolute Gasteiger partial charge is 0.482 e. The zero-order valence-electron chi connectivity index (χ0n) is 17.1. The van der Waals surface area contributed by atoms with Crippen LogP contribution in [0.15, 0.2) is 41.7 Å². The van der Waals surface area contributed by atoms with Crippen LogP contribution >= 0.6 is 0 Å². The first-order valence-electron chi connectivity index (χ1n) is 9.04. The molecule has 0 radical (unpaired) electrons. The van der Waals surface area contributed by atoms with Crippen LogP contribution in [0.25, 0.3) is 5.78 Å². The smallest absolute Gasteiger partial charge is 0.254 e. The van der Waals surface area contributed by atoms with E-state index in [0.717, 1.165) is 11.4 Å². The van der Waals surface area contributed by atoms with Gasteiger partial charge in [0.1, 0.15) is 24.8 Å². The van der Waals surface area contributed by atoms with Crippen LogP contribution in [-0.4, -0.2) is 33.0 Å². The summed E-state index contributed by atoms with van der Waals surface area (Å²) >= 11 is 0. The third-order valence-electron chi connectivity index (χ3n) is 4.30. The van der Waals surface area contributed by atoms with Gasteiger partial charge in [-0.25, -0.2) is 4.98 Å². The van der Waals surface area contributed by atoms with E-state index in [4.69, 9.17) is 4.74 Å². The summed E-state index contributed by atoms with van der Waals surface area (Å²) in [4.78, 5) is 13.2. The number of benzene rings is 1. The van der Waals surface area contributed by atoms with Crippen LogP contribution < -0.4 is 10.1 Å². The minimum Gasteiger partial charge on any atom is -0.482 e. The lowest BCUT2D eigenvalue weighted by molar-refractivity contribution is 0.101. The van der Waals surface area contributed by atoms with Crippen LogP contribution in [0, 0.1) is 0 Å². The maximum absolute atomic E-state index is 6.29. The van der Waals surface area contributed by atoms with Crippen molar-refractivity contribution in [2.75, 3.05) is 12.4 Å². The lowest BCUT2D eigenvalue weighted by Crippen LogP contribution is -2.28. The van der Waals surface area contributed by atoms with Gasteiger partial charge in [0.25, 0.3) is 5.78 Å². The summed E-state index contributed by atoms with van der Waals surface area (Å²) in [5, 5.41) is 10.9. The van der Waals surface area contributed by atoms with Gasteiger partial charge >= 0.3 is 0 Å². The third-order valence-corrected chi connectivity index (χ3v) is 4.30. The molecule has 0 aliphatic carbocycles. The molecule has 0 unspecified atom stereocenters. The predicted molar refractivity (Wildman–Crippen MR) is 109 cm³/mol. The first-order chi connectivity index (χ1) is 13.2. The van der Waals surface area contributed by atoms with Crippen molar-refractivity contribution in [1.82, 2.24) is 19.6 Å². The maximum atomic E-state index is 6.29. The standard InChI is InChI=1S/C20H26N6O2/c1-19(2,3)14-7-9-15(10-8-14)28-20(4,5)16-11-12-21-18-24-17(25-26(16)18)22-13-23-27-6/h7-13H,1-6H3,(H,22,23,25). The number of hydrogen-bond acceptors (Lipinski definition) is 6. The van der Waals surface area contributed by atoms with Crippen molar-refractivity contribution in [2.45, 2.75) is 45.6 Å². The van der Waals surface area contributed by atoms with Gasteiger partial charge in [0, 0.05) is 6.20 Å². The highest BCUT2D eigenvalue weighted by Crippen LogP contribution is 2.30. The fraction of sp³-hybridized carbons (Fsp3) is 0.400. The van der Waals surface area contributed by atoms with E-state index in [0.29, 0.717) is 11.7 Å². The third kappa shape index (κ3) is 4.21. The van der Waals surface area contributed by atoms with Crippen molar-refractivity contribution >= 4 is 18.1 Å². The highest BCUT2D eigenvalue weighted by Gasteiger charge is 2.27. The Balaban J connectivity index is 1.88. The number of anilines is 1. The molecule has 0 saturated carbocycles. The second-order valence-electron chi connectivity index (χ2n) is 7.93. The Kier molecular flexibility index (Phi) is 5.22. The molecule has 8 nitrogen and oxygen atoms in total. The van der Waals surface area contributed by atoms with E-state index in [1.54, 1.807) is 10.7 Å². The average Bonchev–Trinajstić information content (AvgIpc) is 3.04. The number of oxime groups is 1. The number of aromatic nitrogens is 4. The number of nitrogens with one attached hydrogen (secondary N) is 1. The molecule has 0 spiro atoms. The predicted octanol–water partition coefficient (Wildman–Crippen LogP) is 3.74. The van der Waals surface area contributed by atoms with Crippen LogP contribution in [-0.2, 0) is 15.9 Å². The molecule has 0 atom stereocenters. The molecular formula is C20H26N6O2. The number of rotatable bonds is 6. The molecule has 0 aliphatic heterocycles. The first kappa shape index (κ1) is 19.6. The summed E-state index contributed by atoms with van der Waals surface area (Å²) in [6.07, 6.45) is 3.06. The molecular weight excluding hydrogens is 356 g/mol. The van der Waals surface area contributed by atoms with Gasteiger partial charge in [-0.2, -0.15) is 9.50 Å². The monoisotopic (exact) mass is 382 g/mol. The SMILES string of the molecule is CO/N=C\Nc1nc2nccc(C(C)(C)Oc3ccc(C(C)(C)C)cc3)n2n1. The molecule has 0 fully saturated rings. The van der Waals surface area contributed by atoms with Gasteiger partial charge < -0.3 is 14.9 Å². The van der Waals surface area contributed by atoms with Gasteiger partial charge in [-0.1, -0.05) is 38.1 Å². The molecule has 148 valence electrons. The Labute approximate surface area is 164 Å². The van der Waals surface area contributed by atoms with E-state index < -0.39 is 5.60 Å². The van der Waals surface area contributed by atoms with Crippen molar-refractivity contribution in [3.05, 3.63) is 47.8 Å². The Morgan fingerprint density at radius 2 is 1.79 bits per heavy atom. The molecule has 0 saturated heterocycles. The molecule has 0 aliphatic rings. The van der Waals surface area contributed by atoms with Gasteiger partial charge in [0.05, 0.1) is 5.69 Å². The van der Waals surface area contributed by atoms with Crippen molar-refractivity contribution in [1.29, 1.82) is 0 Å². The number of fused-ring (bicyclic) bond motifs is 1. The van der Waals surface area contributed by atoms with Gasteiger partial charge in [-0.15, -0.1) is 5.10 Å². The quantitative estimate of drug-likeness (QED) is 0.397. The minimum absolute atomic E-state index is 0.0988. The summed E-state index contributed by atoms with van der Waals surface area (Å²) in [5.41, 5.74) is 1.52. The maximum Gasteiger partial charge on any atom is 0.254 e. The molecule has 1 N–H and O–H groups in total. The first-order valence-corrected chi connectivity index (χ1v) is 9.04. The van der Waals surface area contributed by atoms with Crippen molar-refractivity contribution in [3.63, 3.8) is 0 Å². The van der Waals surface area contributed by atoms with E-state index >= 15 is 0 Å². The summed E-state index contributed by atoms with van der Waals surface area (Å²) in [6.45, 7) is 10.5. The molecule has 1 aromatic carbocycles. The zero-order valence-corrected chi connectivity index (χ0v) is 17.1. The summed E-state index contributed by atoms with van der Waals surface area (Å²) in [6, 6.07) is 10.1. The van der Waals surface area contributed by atoms with Crippen molar-refractivity contribution in [2.24, 2.45) is 5.16 Å². The van der Waals surface area contributed by atoms with Crippen molar-refractivity contribution < 1.29 is 9.57 Å². The highest BCUT2D eigenvalue weighted by atomic mass is 16.6. The second kappa shape index (κ2) is 7.46. The Hall–Kier alpha value is -3.16. The minimum atomic E-state index is -0.657. The molecule has 2 heterocycles. The molecule has 0 bridgehead atoms. The summed E-state index contributed by atoms with van der Waals surface area (Å²) in [5.74, 6) is 1.62. The number of nitrogens with zero attached hydrogens (tertiary/aromatic N) is 5. The van der Waals surface area contributed by atoms with Crippen LogP contribution in [0.4, 0.5) is 5.95 Å². The summed E-state index contributed by atoms with van der Waals surface area (Å²) < 4.78 is 7.95. The van der Waals surface area contributed by atoms with Crippen LogP contribution in [0.5, 0.6) is 5.75 Å². The van der Waals surface area contributed by atoms with Crippen LogP contribution in [0.1, 0.15) is 45.9 Å². The van der Waals surface area contributed by atoms with Gasteiger partial charge in [0.15, 0.2) is 0 Å². The molecule has 2 aromatic heterocycles. The van der Waals surface area contributed by atoms with E-state index in [9.17, 15) is 0 Å². The Morgan fingerprint density at radius 1 is 1.07 bits per heavy atom. The van der Waals surface area contributed by atoms with Gasteiger partial charge in [0.2, 0.25) is 5.95 Å². The average molecular weight is 382 g/mol. The van der Waals surface area contributed by atoms with Gasteiger partial charge in [-0.3, -0.25) is 0 Å². The number of ether oxygens (including phenoxy) is 1. The lowest BCUT2D eigenvalue weighted by Gasteiger charge is -2.27. The van der Waals surface area contributed by atoms with E-state index in [1.807, 2.05) is 32.0 Å². The molecule has 8 heteroatoms. The fourth-order valence-electron chi connectivity index (χ4n) is 2.82. The second-order valence-corrected chi connectivity index (χ2v) is 7.93. The van der Waals surface area contributed by atoms with E-state index in [1.165, 1.54) is 19.0 Å².